The molecule has 2 saturated carbocycles. The van der Waals surface area contributed by atoms with Crippen LogP contribution < -0.4 is 5.32 Å². The highest BCUT2D eigenvalue weighted by molar-refractivity contribution is 4.96. The van der Waals surface area contributed by atoms with E-state index in [9.17, 15) is 0 Å². The van der Waals surface area contributed by atoms with Crippen molar-refractivity contribution in [1.82, 2.24) is 5.32 Å². The molecule has 0 saturated heterocycles. The van der Waals surface area contributed by atoms with Crippen molar-refractivity contribution in [3.63, 3.8) is 0 Å². The highest BCUT2D eigenvalue weighted by atomic mass is 14.9. The van der Waals surface area contributed by atoms with Crippen LogP contribution in [-0.2, 0) is 0 Å². The van der Waals surface area contributed by atoms with Gasteiger partial charge in [0.05, 0.1) is 0 Å². The summed E-state index contributed by atoms with van der Waals surface area (Å²) in [6.45, 7) is 0. The van der Waals surface area contributed by atoms with Gasteiger partial charge < -0.3 is 5.32 Å². The molecule has 2 heteroatoms. The zero-order valence-electron chi connectivity index (χ0n) is 6.71. The average molecular weight is 150 g/mol. The first kappa shape index (κ1) is 6.97. The van der Waals surface area contributed by atoms with Crippen LogP contribution in [0.1, 0.15) is 32.1 Å². The summed E-state index contributed by atoms with van der Waals surface area (Å²) in [6.07, 6.45) is 8.84. The third-order valence-electron chi connectivity index (χ3n) is 3.02. The van der Waals surface area contributed by atoms with Gasteiger partial charge in [-0.05, 0) is 37.5 Å². The van der Waals surface area contributed by atoms with Gasteiger partial charge in [-0.15, -0.1) is 0 Å². The number of hydrogen-bond donors (Lipinski definition) is 1. The van der Waals surface area contributed by atoms with E-state index in [-0.39, 0.29) is 0 Å². The van der Waals surface area contributed by atoms with Gasteiger partial charge >= 0.3 is 0 Å². The Balaban J connectivity index is 1.87. The Labute approximate surface area is 67.6 Å². The van der Waals surface area contributed by atoms with E-state index >= 15 is 0 Å². The van der Waals surface area contributed by atoms with E-state index < -0.39 is 0 Å². The van der Waals surface area contributed by atoms with Crippen LogP contribution in [0, 0.1) is 23.3 Å². The summed E-state index contributed by atoms with van der Waals surface area (Å²) in [7, 11) is 0. The van der Waals surface area contributed by atoms with E-state index in [0.29, 0.717) is 6.04 Å². The van der Waals surface area contributed by atoms with Gasteiger partial charge in [0.15, 0.2) is 6.19 Å². The van der Waals surface area contributed by atoms with E-state index in [4.69, 9.17) is 5.26 Å². The largest absolute Gasteiger partial charge is 0.320 e. The van der Waals surface area contributed by atoms with Crippen molar-refractivity contribution in [2.24, 2.45) is 11.8 Å². The van der Waals surface area contributed by atoms with Crippen LogP contribution >= 0.6 is 0 Å². The van der Waals surface area contributed by atoms with Crippen molar-refractivity contribution >= 4 is 0 Å². The molecule has 60 valence electrons. The molecule has 0 heterocycles. The van der Waals surface area contributed by atoms with Crippen molar-refractivity contribution in [3.05, 3.63) is 0 Å². The maximum atomic E-state index is 8.52. The normalized spacial score (nSPS) is 26.8. The lowest BCUT2D eigenvalue weighted by Gasteiger charge is -2.32. The molecule has 1 N–H and O–H groups in total. The fraction of sp³-hybridized carbons (Fsp3) is 0.889. The third kappa shape index (κ3) is 1.33. The first-order chi connectivity index (χ1) is 5.42. The zero-order valence-corrected chi connectivity index (χ0v) is 6.71. The highest BCUT2D eigenvalue weighted by Gasteiger charge is 2.38. The van der Waals surface area contributed by atoms with Crippen LogP contribution in [0.5, 0.6) is 0 Å². The molecule has 2 nitrogen and oxygen atoms in total. The second-order valence-electron chi connectivity index (χ2n) is 3.81. The van der Waals surface area contributed by atoms with Gasteiger partial charge in [0, 0.05) is 6.04 Å². The monoisotopic (exact) mass is 150 g/mol. The minimum atomic E-state index is 0.536. The Morgan fingerprint density at radius 1 is 1.18 bits per heavy atom. The van der Waals surface area contributed by atoms with E-state index in [1.807, 2.05) is 0 Å². The molecule has 0 aromatic carbocycles. The van der Waals surface area contributed by atoms with Crippen LogP contribution in [-0.4, -0.2) is 6.04 Å². The van der Waals surface area contributed by atoms with Gasteiger partial charge in [-0.1, -0.05) is 6.42 Å². The number of hydrogen-bond acceptors (Lipinski definition) is 2. The first-order valence-electron chi connectivity index (χ1n) is 4.56. The Bertz CT molecular complexity index is 174. The molecule has 0 bridgehead atoms. The molecule has 2 aliphatic rings. The molecule has 1 unspecified atom stereocenters. The summed E-state index contributed by atoms with van der Waals surface area (Å²) >= 11 is 0. The van der Waals surface area contributed by atoms with Crippen molar-refractivity contribution in [2.75, 3.05) is 0 Å². The van der Waals surface area contributed by atoms with Gasteiger partial charge in [-0.3, -0.25) is 0 Å². The Morgan fingerprint density at radius 3 is 2.18 bits per heavy atom. The standard InChI is InChI=1S/C9H14N2/c10-6-11-9(8-4-5-8)7-2-1-3-7/h7-9,11H,1-5H2. The molecule has 0 aliphatic heterocycles. The molecule has 2 rings (SSSR count). The van der Waals surface area contributed by atoms with E-state index in [0.717, 1.165) is 11.8 Å². The van der Waals surface area contributed by atoms with Crippen LogP contribution in [0.4, 0.5) is 0 Å². The van der Waals surface area contributed by atoms with Crippen molar-refractivity contribution in [1.29, 1.82) is 5.26 Å². The highest BCUT2D eigenvalue weighted by Crippen LogP contribution is 2.42. The lowest BCUT2D eigenvalue weighted by atomic mass is 9.78. The summed E-state index contributed by atoms with van der Waals surface area (Å²) < 4.78 is 0. The Hall–Kier alpha value is -0.710. The maximum Gasteiger partial charge on any atom is 0.176 e. The summed E-state index contributed by atoms with van der Waals surface area (Å²) in [5, 5.41) is 11.5. The fourth-order valence-corrected chi connectivity index (χ4v) is 1.95. The molecule has 11 heavy (non-hydrogen) atoms. The quantitative estimate of drug-likeness (QED) is 0.490. The molecule has 0 radical (unpaired) electrons. The lowest BCUT2D eigenvalue weighted by molar-refractivity contribution is 0.225. The van der Waals surface area contributed by atoms with Gasteiger partial charge in [-0.25, -0.2) is 0 Å². The molecular formula is C9H14N2. The zero-order chi connectivity index (χ0) is 7.68. The van der Waals surface area contributed by atoms with Crippen LogP contribution in [0.3, 0.4) is 0 Å². The SMILES string of the molecule is N#CNC(C1CCC1)C1CC1. The van der Waals surface area contributed by atoms with Crippen molar-refractivity contribution in [3.8, 4) is 6.19 Å². The molecular weight excluding hydrogens is 136 g/mol. The molecule has 0 spiro atoms. The van der Waals surface area contributed by atoms with Crippen molar-refractivity contribution < 1.29 is 0 Å². The Kier molecular flexibility index (Phi) is 1.73. The van der Waals surface area contributed by atoms with Crippen LogP contribution in [0.25, 0.3) is 0 Å². The number of nitrogens with zero attached hydrogens (tertiary/aromatic N) is 1. The number of rotatable bonds is 3. The lowest BCUT2D eigenvalue weighted by Crippen LogP contribution is -2.38. The Morgan fingerprint density at radius 2 is 1.82 bits per heavy atom. The average Bonchev–Trinajstić information content (AvgIpc) is 2.63. The minimum Gasteiger partial charge on any atom is -0.320 e. The summed E-state index contributed by atoms with van der Waals surface area (Å²) in [4.78, 5) is 0. The molecule has 1 atom stereocenters. The predicted molar refractivity (Wildman–Crippen MR) is 42.6 cm³/mol. The smallest absolute Gasteiger partial charge is 0.176 e. The second-order valence-corrected chi connectivity index (χ2v) is 3.81. The van der Waals surface area contributed by atoms with Gasteiger partial charge in [0.1, 0.15) is 0 Å². The summed E-state index contributed by atoms with van der Waals surface area (Å²) in [6, 6.07) is 0.536. The van der Waals surface area contributed by atoms with E-state index in [1.54, 1.807) is 0 Å². The minimum absolute atomic E-state index is 0.536. The maximum absolute atomic E-state index is 8.52. The van der Waals surface area contributed by atoms with Crippen LogP contribution in [0.2, 0.25) is 0 Å². The number of nitrogens with one attached hydrogen (secondary N) is 1. The molecule has 0 aromatic heterocycles. The number of nitriles is 1. The van der Waals surface area contributed by atoms with Crippen LogP contribution in [0.15, 0.2) is 0 Å². The van der Waals surface area contributed by atoms with Gasteiger partial charge in [0.2, 0.25) is 0 Å². The molecule has 2 fully saturated rings. The molecule has 0 aromatic rings. The fourth-order valence-electron chi connectivity index (χ4n) is 1.95. The van der Waals surface area contributed by atoms with Gasteiger partial charge in [0.25, 0.3) is 0 Å². The third-order valence-corrected chi connectivity index (χ3v) is 3.02. The summed E-state index contributed by atoms with van der Waals surface area (Å²) in [5.41, 5.74) is 0. The van der Waals surface area contributed by atoms with E-state index in [2.05, 4.69) is 11.5 Å². The van der Waals surface area contributed by atoms with Crippen molar-refractivity contribution in [2.45, 2.75) is 38.1 Å². The molecule has 2 aliphatic carbocycles. The second kappa shape index (κ2) is 2.73. The molecule has 0 amide bonds. The van der Waals surface area contributed by atoms with E-state index in [1.165, 1.54) is 32.1 Å². The summed E-state index contributed by atoms with van der Waals surface area (Å²) in [5.74, 6) is 1.65. The topological polar surface area (TPSA) is 35.8 Å². The first-order valence-corrected chi connectivity index (χ1v) is 4.56. The van der Waals surface area contributed by atoms with Gasteiger partial charge in [-0.2, -0.15) is 5.26 Å². The predicted octanol–water partition coefficient (Wildman–Crippen LogP) is 1.64.